The van der Waals surface area contributed by atoms with Gasteiger partial charge in [0.1, 0.15) is 18.7 Å². The van der Waals surface area contributed by atoms with Crippen LogP contribution in [0.5, 0.6) is 0 Å². The van der Waals surface area contributed by atoms with Crippen LogP contribution in [0.25, 0.3) is 11.1 Å². The molecule has 7 N–H and O–H groups in total. The first-order valence-electron chi connectivity index (χ1n) is 12.4. The molecule has 1 aliphatic rings. The maximum atomic E-state index is 12.9. The minimum Gasteiger partial charge on any atom is -0.480 e. The van der Waals surface area contributed by atoms with Gasteiger partial charge >= 0.3 is 12.1 Å². The van der Waals surface area contributed by atoms with Crippen LogP contribution in [-0.2, 0) is 14.3 Å². The van der Waals surface area contributed by atoms with Crippen LogP contribution in [0.3, 0.4) is 0 Å². The highest BCUT2D eigenvalue weighted by Gasteiger charge is 2.31. The summed E-state index contributed by atoms with van der Waals surface area (Å²) >= 11 is 0. The fraction of sp³-hybridized carbons (Fsp3) is 0.407. The molecule has 0 fully saturated rings. The Morgan fingerprint density at radius 1 is 1.00 bits per heavy atom. The molecule has 0 aromatic heterocycles. The average molecular weight is 510 g/mol. The zero-order valence-electron chi connectivity index (χ0n) is 21.1. The van der Waals surface area contributed by atoms with E-state index in [-0.39, 0.29) is 30.8 Å². The molecule has 0 saturated heterocycles. The predicted molar refractivity (Wildman–Crippen MR) is 140 cm³/mol. The first kappa shape index (κ1) is 27.5. The Balaban J connectivity index is 1.61. The van der Waals surface area contributed by atoms with Crippen molar-refractivity contribution in [2.24, 2.45) is 11.7 Å². The number of fused-ring (bicyclic) bond motifs is 3. The molecule has 2 amide bonds. The number of carbonyl (C=O) groups excluding carboxylic acids is 2. The van der Waals surface area contributed by atoms with Gasteiger partial charge in [0.25, 0.3) is 0 Å². The van der Waals surface area contributed by atoms with E-state index in [0.29, 0.717) is 19.4 Å². The second-order valence-electron chi connectivity index (χ2n) is 9.53. The third-order valence-corrected chi connectivity index (χ3v) is 6.26. The number of carbonyl (C=O) groups is 3. The number of hydrogen-bond acceptors (Lipinski definition) is 5. The zero-order chi connectivity index (χ0) is 26.9. The standard InChI is InChI=1S/C27H35N5O5/c1-16(2)14-23(24(33)31-22(25(34)35)12-7-13-30-26(28)29)32-27(36)37-15-21-19-10-5-3-8-17(19)18-9-4-6-11-20(18)21/h3-6,8-11,16,21-23H,7,12-15H2,1-2H3,(H,31,33)(H,32,36)(H,34,35)(H4,28,29,30)/t22-,23-/m0/s1. The van der Waals surface area contributed by atoms with E-state index in [1.54, 1.807) is 0 Å². The fourth-order valence-corrected chi connectivity index (χ4v) is 4.54. The second kappa shape index (κ2) is 12.8. The van der Waals surface area contributed by atoms with Crippen LogP contribution in [0.2, 0.25) is 0 Å². The summed E-state index contributed by atoms with van der Waals surface area (Å²) < 4.78 is 5.57. The van der Waals surface area contributed by atoms with Gasteiger partial charge in [-0.2, -0.15) is 0 Å². The van der Waals surface area contributed by atoms with Gasteiger partial charge in [-0.15, -0.1) is 0 Å². The summed E-state index contributed by atoms with van der Waals surface area (Å²) in [6.45, 7) is 4.22. The van der Waals surface area contributed by atoms with Crippen LogP contribution in [0.15, 0.2) is 48.5 Å². The van der Waals surface area contributed by atoms with Crippen molar-refractivity contribution in [3.63, 3.8) is 0 Å². The Labute approximate surface area is 216 Å². The molecule has 0 aliphatic heterocycles. The summed E-state index contributed by atoms with van der Waals surface area (Å²) in [5.41, 5.74) is 9.61. The number of ether oxygens (including phenoxy) is 1. The van der Waals surface area contributed by atoms with Gasteiger partial charge in [0.15, 0.2) is 5.96 Å². The number of hydrogen-bond donors (Lipinski definition) is 6. The van der Waals surface area contributed by atoms with E-state index < -0.39 is 30.1 Å². The summed E-state index contributed by atoms with van der Waals surface area (Å²) in [6, 6.07) is 13.9. The molecular weight excluding hydrogens is 474 g/mol. The zero-order valence-corrected chi connectivity index (χ0v) is 21.1. The van der Waals surface area contributed by atoms with Gasteiger partial charge in [-0.25, -0.2) is 9.59 Å². The molecule has 37 heavy (non-hydrogen) atoms. The summed E-state index contributed by atoms with van der Waals surface area (Å²) in [5, 5.41) is 24.4. The lowest BCUT2D eigenvalue weighted by molar-refractivity contribution is -0.142. The number of guanidine groups is 1. The Morgan fingerprint density at radius 2 is 1.59 bits per heavy atom. The van der Waals surface area contributed by atoms with Gasteiger partial charge in [0, 0.05) is 12.5 Å². The molecule has 10 heteroatoms. The molecule has 0 spiro atoms. The van der Waals surface area contributed by atoms with Crippen molar-refractivity contribution in [1.29, 1.82) is 5.41 Å². The lowest BCUT2D eigenvalue weighted by atomic mass is 9.98. The van der Waals surface area contributed by atoms with Crippen molar-refractivity contribution in [3.8, 4) is 11.1 Å². The molecule has 0 radical (unpaired) electrons. The van der Waals surface area contributed by atoms with E-state index in [4.69, 9.17) is 15.9 Å². The molecule has 0 heterocycles. The molecule has 1 aliphatic carbocycles. The highest BCUT2D eigenvalue weighted by atomic mass is 16.5. The molecule has 0 unspecified atom stereocenters. The van der Waals surface area contributed by atoms with Crippen LogP contribution in [-0.4, -0.2) is 54.3 Å². The number of nitrogens with two attached hydrogens (primary N) is 1. The van der Waals surface area contributed by atoms with Gasteiger partial charge < -0.3 is 31.5 Å². The number of aliphatic carboxylic acids is 1. The van der Waals surface area contributed by atoms with E-state index in [0.717, 1.165) is 22.3 Å². The summed E-state index contributed by atoms with van der Waals surface area (Å²) in [6.07, 6.45) is 0.0978. The smallest absolute Gasteiger partial charge is 0.407 e. The first-order chi connectivity index (χ1) is 17.7. The molecule has 198 valence electrons. The van der Waals surface area contributed by atoms with Crippen molar-refractivity contribution in [3.05, 3.63) is 59.7 Å². The molecule has 0 saturated carbocycles. The minimum absolute atomic E-state index is 0.0627. The Hall–Kier alpha value is -4.08. The van der Waals surface area contributed by atoms with Crippen molar-refractivity contribution >= 4 is 23.9 Å². The second-order valence-corrected chi connectivity index (χ2v) is 9.53. The lowest BCUT2D eigenvalue weighted by Crippen LogP contribution is -2.52. The third-order valence-electron chi connectivity index (χ3n) is 6.26. The van der Waals surface area contributed by atoms with Crippen LogP contribution in [0.4, 0.5) is 4.79 Å². The summed E-state index contributed by atoms with van der Waals surface area (Å²) in [7, 11) is 0. The third kappa shape index (κ3) is 7.45. The number of carboxylic acid groups (broad SMARTS) is 1. The van der Waals surface area contributed by atoms with Crippen LogP contribution < -0.4 is 21.7 Å². The average Bonchev–Trinajstić information content (AvgIpc) is 3.17. The largest absolute Gasteiger partial charge is 0.480 e. The van der Waals surface area contributed by atoms with Crippen LogP contribution in [0, 0.1) is 11.3 Å². The van der Waals surface area contributed by atoms with Crippen molar-refractivity contribution in [1.82, 2.24) is 16.0 Å². The van der Waals surface area contributed by atoms with Gasteiger partial charge in [-0.05, 0) is 47.4 Å². The fourth-order valence-electron chi connectivity index (χ4n) is 4.54. The first-order valence-corrected chi connectivity index (χ1v) is 12.4. The number of carboxylic acids is 1. The van der Waals surface area contributed by atoms with E-state index in [1.165, 1.54) is 0 Å². The molecule has 2 aromatic rings. The normalized spacial score (nSPS) is 13.7. The molecule has 10 nitrogen and oxygen atoms in total. The predicted octanol–water partition coefficient (Wildman–Crippen LogP) is 2.77. The highest BCUT2D eigenvalue weighted by molar-refractivity contribution is 5.89. The van der Waals surface area contributed by atoms with Crippen molar-refractivity contribution in [2.45, 2.75) is 51.1 Å². The SMILES string of the molecule is CC(C)C[C@H](NC(=O)OCC1c2ccccc2-c2ccccc21)C(=O)N[C@@H](CCCNC(=N)N)C(=O)O. The molecule has 2 atom stereocenters. The maximum absolute atomic E-state index is 12.9. The number of amides is 2. The molecule has 0 bridgehead atoms. The minimum atomic E-state index is -1.18. The number of benzene rings is 2. The summed E-state index contributed by atoms with van der Waals surface area (Å²) in [5.74, 6) is -2.03. The van der Waals surface area contributed by atoms with Gasteiger partial charge in [0.2, 0.25) is 5.91 Å². The van der Waals surface area contributed by atoms with Crippen LogP contribution in [0.1, 0.15) is 50.2 Å². The Bertz CT molecular complexity index is 1090. The van der Waals surface area contributed by atoms with Crippen LogP contribution >= 0.6 is 0 Å². The van der Waals surface area contributed by atoms with Crippen molar-refractivity contribution < 1.29 is 24.2 Å². The topological polar surface area (TPSA) is 167 Å². The quantitative estimate of drug-likeness (QED) is 0.145. The Morgan fingerprint density at radius 3 is 2.14 bits per heavy atom. The number of rotatable bonds is 12. The monoisotopic (exact) mass is 509 g/mol. The number of nitrogens with one attached hydrogen (secondary N) is 4. The number of alkyl carbamates (subject to hydrolysis) is 1. The molecule has 3 rings (SSSR count). The highest BCUT2D eigenvalue weighted by Crippen LogP contribution is 2.44. The Kier molecular flexibility index (Phi) is 9.48. The van der Waals surface area contributed by atoms with E-state index in [1.807, 2.05) is 62.4 Å². The van der Waals surface area contributed by atoms with E-state index in [2.05, 4.69) is 16.0 Å². The molecular formula is C27H35N5O5. The summed E-state index contributed by atoms with van der Waals surface area (Å²) in [4.78, 5) is 37.4. The molecule has 2 aromatic carbocycles. The van der Waals surface area contributed by atoms with E-state index >= 15 is 0 Å². The van der Waals surface area contributed by atoms with Gasteiger partial charge in [0.05, 0.1) is 0 Å². The van der Waals surface area contributed by atoms with E-state index in [9.17, 15) is 19.5 Å². The lowest BCUT2D eigenvalue weighted by Gasteiger charge is -2.23. The van der Waals surface area contributed by atoms with Gasteiger partial charge in [-0.3, -0.25) is 10.2 Å². The van der Waals surface area contributed by atoms with Gasteiger partial charge in [-0.1, -0.05) is 62.4 Å². The maximum Gasteiger partial charge on any atom is 0.407 e. The van der Waals surface area contributed by atoms with Crippen molar-refractivity contribution in [2.75, 3.05) is 13.2 Å².